The van der Waals surface area contributed by atoms with Crippen LogP contribution < -0.4 is 10.1 Å². The molecule has 0 saturated carbocycles. The van der Waals surface area contributed by atoms with E-state index in [9.17, 15) is 0 Å². The topological polar surface area (TPSA) is 75.7 Å². The summed E-state index contributed by atoms with van der Waals surface area (Å²) < 4.78 is 5.64. The monoisotopic (exact) mass is 261 g/mol. The summed E-state index contributed by atoms with van der Waals surface area (Å²) in [5.41, 5.74) is 0.944. The van der Waals surface area contributed by atoms with Crippen LogP contribution in [-0.4, -0.2) is 26.7 Å². The van der Waals surface area contributed by atoms with Crippen molar-refractivity contribution in [2.45, 2.75) is 33.6 Å². The van der Waals surface area contributed by atoms with Crippen molar-refractivity contribution in [3.63, 3.8) is 0 Å². The molecule has 102 valence electrons. The maximum absolute atomic E-state index is 5.64. The lowest BCUT2D eigenvalue weighted by molar-refractivity contribution is 0.438. The van der Waals surface area contributed by atoms with Crippen molar-refractivity contribution in [3.8, 4) is 11.8 Å². The van der Waals surface area contributed by atoms with Crippen LogP contribution in [0.2, 0.25) is 0 Å². The molecule has 6 heteroatoms. The zero-order chi connectivity index (χ0) is 13.8. The Morgan fingerprint density at radius 1 is 1.26 bits per heavy atom. The first-order valence-corrected chi connectivity index (χ1v) is 6.41. The second-order valence-corrected chi connectivity index (χ2v) is 4.63. The molecular weight excluding hydrogens is 242 g/mol. The van der Waals surface area contributed by atoms with Gasteiger partial charge >= 0.3 is 0 Å². The Bertz CT molecular complexity index is 550. The number of rotatable bonds is 5. The zero-order valence-electron chi connectivity index (χ0n) is 11.7. The molecule has 0 spiro atoms. The van der Waals surface area contributed by atoms with Gasteiger partial charge in [0.15, 0.2) is 0 Å². The van der Waals surface area contributed by atoms with Crippen molar-refractivity contribution in [2.75, 3.05) is 11.9 Å². The Morgan fingerprint density at radius 3 is 2.63 bits per heavy atom. The van der Waals surface area contributed by atoms with E-state index in [1.165, 1.54) is 0 Å². The van der Waals surface area contributed by atoms with Gasteiger partial charge < -0.3 is 10.1 Å². The summed E-state index contributed by atoms with van der Waals surface area (Å²) in [5.74, 6) is 2.76. The predicted octanol–water partition coefficient (Wildman–Crippen LogP) is 2.86. The largest absolute Gasteiger partial charge is 0.419 e. The number of aryl methyl sites for hydroxylation is 1. The van der Waals surface area contributed by atoms with Gasteiger partial charge in [0, 0.05) is 30.3 Å². The smallest absolute Gasteiger partial charge is 0.240 e. The summed E-state index contributed by atoms with van der Waals surface area (Å²) in [6.07, 6.45) is 0. The number of hydrogen-bond acceptors (Lipinski definition) is 5. The van der Waals surface area contributed by atoms with E-state index >= 15 is 0 Å². The first-order valence-electron chi connectivity index (χ1n) is 6.41. The average molecular weight is 261 g/mol. The average Bonchev–Trinajstić information content (AvgIpc) is 2.75. The third kappa shape index (κ3) is 3.43. The summed E-state index contributed by atoms with van der Waals surface area (Å²) >= 11 is 0. The predicted molar refractivity (Wildman–Crippen MR) is 73.7 cm³/mol. The minimum absolute atomic E-state index is 0.238. The van der Waals surface area contributed by atoms with Gasteiger partial charge in [0.25, 0.3) is 0 Å². The Balaban J connectivity index is 2.27. The molecule has 0 aliphatic carbocycles. The van der Waals surface area contributed by atoms with Gasteiger partial charge in [0.2, 0.25) is 11.8 Å². The van der Waals surface area contributed by atoms with Crippen molar-refractivity contribution in [3.05, 3.63) is 23.7 Å². The van der Waals surface area contributed by atoms with E-state index in [4.69, 9.17) is 4.74 Å². The van der Waals surface area contributed by atoms with Crippen LogP contribution in [0.3, 0.4) is 0 Å². The highest BCUT2D eigenvalue weighted by molar-refractivity contribution is 5.39. The van der Waals surface area contributed by atoms with Crippen LogP contribution in [0.1, 0.15) is 38.2 Å². The molecule has 0 aliphatic heterocycles. The van der Waals surface area contributed by atoms with Crippen LogP contribution in [0.25, 0.3) is 0 Å². The Hall–Kier alpha value is -2.11. The van der Waals surface area contributed by atoms with Crippen molar-refractivity contribution < 1.29 is 4.74 Å². The van der Waals surface area contributed by atoms with Crippen LogP contribution >= 0.6 is 0 Å². The second-order valence-electron chi connectivity index (χ2n) is 4.63. The number of aromatic amines is 1. The lowest BCUT2D eigenvalue weighted by Gasteiger charge is -2.10. The number of H-pyrrole nitrogens is 1. The van der Waals surface area contributed by atoms with Gasteiger partial charge in [-0.2, -0.15) is 4.98 Å². The number of nitrogens with zero attached hydrogens (tertiary/aromatic N) is 3. The highest BCUT2D eigenvalue weighted by Crippen LogP contribution is 2.22. The molecule has 19 heavy (non-hydrogen) atoms. The van der Waals surface area contributed by atoms with Crippen LogP contribution in [0, 0.1) is 6.92 Å². The molecule has 0 atom stereocenters. The molecule has 2 aromatic heterocycles. The maximum Gasteiger partial charge on any atom is 0.240 e. The maximum atomic E-state index is 5.64. The van der Waals surface area contributed by atoms with Gasteiger partial charge in [-0.25, -0.2) is 4.98 Å². The zero-order valence-corrected chi connectivity index (χ0v) is 11.7. The van der Waals surface area contributed by atoms with Crippen LogP contribution in [0.4, 0.5) is 5.82 Å². The molecular formula is C13H19N5O. The van der Waals surface area contributed by atoms with Gasteiger partial charge in [-0.3, -0.25) is 5.10 Å². The third-order valence-electron chi connectivity index (χ3n) is 2.49. The number of anilines is 1. The normalized spacial score (nSPS) is 10.8. The molecule has 0 fully saturated rings. The number of aromatic nitrogens is 4. The van der Waals surface area contributed by atoms with Gasteiger partial charge in [-0.15, -0.1) is 5.10 Å². The van der Waals surface area contributed by atoms with E-state index in [0.717, 1.165) is 23.9 Å². The third-order valence-corrected chi connectivity index (χ3v) is 2.49. The summed E-state index contributed by atoms with van der Waals surface area (Å²) in [5, 5.41) is 10.0. The standard InChI is InChI=1S/C13H19N5O/c1-5-14-10-7-11(16-13(15-10)8(2)3)19-12-6-9(4)17-18-12/h6-8H,5H2,1-4H3,(H,17,18)(H,14,15,16). The number of ether oxygens (including phenoxy) is 1. The fourth-order valence-electron chi connectivity index (χ4n) is 1.58. The molecule has 0 saturated heterocycles. The first-order chi connectivity index (χ1) is 9.08. The fourth-order valence-corrected chi connectivity index (χ4v) is 1.58. The minimum atomic E-state index is 0.238. The fraction of sp³-hybridized carbons (Fsp3) is 0.462. The second kappa shape index (κ2) is 5.69. The van der Waals surface area contributed by atoms with E-state index in [-0.39, 0.29) is 5.92 Å². The van der Waals surface area contributed by atoms with Gasteiger partial charge in [0.05, 0.1) is 0 Å². The molecule has 0 aromatic carbocycles. The Labute approximate surface area is 112 Å². The summed E-state index contributed by atoms with van der Waals surface area (Å²) in [6, 6.07) is 3.60. The van der Waals surface area contributed by atoms with Crippen molar-refractivity contribution in [2.24, 2.45) is 0 Å². The Kier molecular flexibility index (Phi) is 3.99. The van der Waals surface area contributed by atoms with Crippen LogP contribution in [0.5, 0.6) is 11.8 Å². The molecule has 0 bridgehead atoms. The molecule has 0 aliphatic rings. The molecule has 2 heterocycles. The SMILES string of the molecule is CCNc1cc(Oc2cc(C)[nH]n2)nc(C(C)C)n1. The van der Waals surface area contributed by atoms with Gasteiger partial charge in [-0.1, -0.05) is 13.8 Å². The first kappa shape index (κ1) is 13.3. The molecule has 0 radical (unpaired) electrons. The van der Waals surface area contributed by atoms with Gasteiger partial charge in [0.1, 0.15) is 11.6 Å². The van der Waals surface area contributed by atoms with E-state index in [0.29, 0.717) is 11.8 Å². The van der Waals surface area contributed by atoms with E-state index in [1.54, 1.807) is 6.07 Å². The summed E-state index contributed by atoms with van der Waals surface area (Å²) in [4.78, 5) is 8.83. The van der Waals surface area contributed by atoms with Crippen LogP contribution in [-0.2, 0) is 0 Å². The molecule has 2 N–H and O–H groups in total. The highest BCUT2D eigenvalue weighted by atomic mass is 16.5. The molecule has 6 nitrogen and oxygen atoms in total. The van der Waals surface area contributed by atoms with E-state index in [2.05, 4.69) is 25.5 Å². The van der Waals surface area contributed by atoms with Crippen molar-refractivity contribution >= 4 is 5.82 Å². The molecule has 2 aromatic rings. The lowest BCUT2D eigenvalue weighted by Crippen LogP contribution is -2.05. The van der Waals surface area contributed by atoms with Crippen LogP contribution in [0.15, 0.2) is 12.1 Å². The summed E-state index contributed by atoms with van der Waals surface area (Å²) in [7, 11) is 0. The van der Waals surface area contributed by atoms with E-state index in [1.807, 2.05) is 33.8 Å². The van der Waals surface area contributed by atoms with Crippen molar-refractivity contribution in [1.29, 1.82) is 0 Å². The Morgan fingerprint density at radius 2 is 2.05 bits per heavy atom. The van der Waals surface area contributed by atoms with E-state index < -0.39 is 0 Å². The lowest BCUT2D eigenvalue weighted by atomic mass is 10.2. The number of hydrogen-bond donors (Lipinski definition) is 2. The quantitative estimate of drug-likeness (QED) is 0.865. The highest BCUT2D eigenvalue weighted by Gasteiger charge is 2.10. The van der Waals surface area contributed by atoms with Crippen molar-refractivity contribution in [1.82, 2.24) is 20.2 Å². The van der Waals surface area contributed by atoms with Gasteiger partial charge in [-0.05, 0) is 13.8 Å². The minimum Gasteiger partial charge on any atom is -0.419 e. The molecule has 0 unspecified atom stereocenters. The molecule has 2 rings (SSSR count). The number of nitrogens with one attached hydrogen (secondary N) is 2. The summed E-state index contributed by atoms with van der Waals surface area (Å²) in [6.45, 7) is 8.84. The molecule has 0 amide bonds.